The molecule has 0 aliphatic carbocycles. The van der Waals surface area contributed by atoms with Crippen molar-refractivity contribution >= 4 is 40.1 Å². The van der Waals surface area contributed by atoms with Gasteiger partial charge in [-0.2, -0.15) is 0 Å². The number of nitro groups is 1. The molecule has 0 saturated carbocycles. The highest BCUT2D eigenvalue weighted by atomic mass is 32.2. The van der Waals surface area contributed by atoms with Crippen LogP contribution >= 0.6 is 23.1 Å². The van der Waals surface area contributed by atoms with Crippen molar-refractivity contribution in [2.75, 3.05) is 32.8 Å². The van der Waals surface area contributed by atoms with Crippen molar-refractivity contribution in [3.63, 3.8) is 0 Å². The molecule has 0 spiro atoms. The molecule has 24 heavy (non-hydrogen) atoms. The molecule has 1 saturated heterocycles. The smallest absolute Gasteiger partial charge is 0.409 e. The van der Waals surface area contributed by atoms with Gasteiger partial charge in [0.15, 0.2) is 0 Å². The monoisotopic (exact) mass is 373 g/mol. The van der Waals surface area contributed by atoms with Gasteiger partial charge in [-0.1, -0.05) is 11.3 Å². The molecule has 132 valence electrons. The van der Waals surface area contributed by atoms with Crippen molar-refractivity contribution in [2.24, 2.45) is 0 Å². The van der Waals surface area contributed by atoms with Crippen LogP contribution in [0.3, 0.4) is 0 Å². The highest BCUT2D eigenvalue weighted by Gasteiger charge is 2.29. The zero-order valence-electron chi connectivity index (χ0n) is 13.5. The zero-order chi connectivity index (χ0) is 17.7. The van der Waals surface area contributed by atoms with E-state index in [1.807, 2.05) is 0 Å². The maximum atomic E-state index is 12.5. The van der Waals surface area contributed by atoms with Gasteiger partial charge in [-0.3, -0.25) is 14.9 Å². The average Bonchev–Trinajstić information content (AvgIpc) is 3.03. The van der Waals surface area contributed by atoms with E-state index in [1.165, 1.54) is 11.8 Å². The molecule has 2 rings (SSSR count). The fraction of sp³-hybridized carbons (Fsp3) is 0.571. The number of hydrogen-bond donors (Lipinski definition) is 0. The van der Waals surface area contributed by atoms with Crippen molar-refractivity contribution in [1.82, 2.24) is 9.80 Å². The number of carbonyl (C=O) groups excluding carboxylic acids is 2. The minimum atomic E-state index is -0.428. The van der Waals surface area contributed by atoms with Crippen molar-refractivity contribution in [3.05, 3.63) is 21.6 Å². The van der Waals surface area contributed by atoms with Crippen LogP contribution < -0.4 is 0 Å². The van der Waals surface area contributed by atoms with E-state index < -0.39 is 10.2 Å². The van der Waals surface area contributed by atoms with Crippen LogP contribution in [0.5, 0.6) is 0 Å². The second-order valence-electron chi connectivity index (χ2n) is 5.12. The molecule has 1 aliphatic rings. The molecule has 0 radical (unpaired) electrons. The highest BCUT2D eigenvalue weighted by molar-refractivity contribution is 8.00. The number of amides is 2. The molecule has 1 atom stereocenters. The first-order valence-corrected chi connectivity index (χ1v) is 9.29. The molecule has 0 bridgehead atoms. The van der Waals surface area contributed by atoms with Gasteiger partial charge in [0.1, 0.15) is 0 Å². The number of rotatable bonds is 5. The number of ether oxygens (including phenoxy) is 1. The number of thiophene rings is 1. The van der Waals surface area contributed by atoms with Crippen LogP contribution in [0.2, 0.25) is 0 Å². The SMILES string of the molecule is CCOC(=O)N1CCN(C(=O)C(C)Sc2ccsc2[N+](=O)[O-])CC1. The molecular weight excluding hydrogens is 354 g/mol. The summed E-state index contributed by atoms with van der Waals surface area (Å²) in [7, 11) is 0. The summed E-state index contributed by atoms with van der Waals surface area (Å²) in [5.41, 5.74) is 0. The number of carbonyl (C=O) groups is 2. The molecule has 1 unspecified atom stereocenters. The Kier molecular flexibility index (Phi) is 6.44. The topological polar surface area (TPSA) is 93.0 Å². The van der Waals surface area contributed by atoms with Gasteiger partial charge in [0, 0.05) is 26.2 Å². The van der Waals surface area contributed by atoms with Crippen molar-refractivity contribution < 1.29 is 19.2 Å². The maximum absolute atomic E-state index is 12.5. The van der Waals surface area contributed by atoms with E-state index >= 15 is 0 Å². The van der Waals surface area contributed by atoms with E-state index in [2.05, 4.69) is 0 Å². The summed E-state index contributed by atoms with van der Waals surface area (Å²) in [4.78, 5) is 38.5. The third kappa shape index (κ3) is 4.38. The van der Waals surface area contributed by atoms with Gasteiger partial charge in [-0.05, 0) is 25.3 Å². The Bertz CT molecular complexity index is 613. The number of thioether (sulfide) groups is 1. The van der Waals surface area contributed by atoms with E-state index in [9.17, 15) is 19.7 Å². The predicted octanol–water partition coefficient (Wildman–Crippen LogP) is 2.44. The number of piperazine rings is 1. The maximum Gasteiger partial charge on any atom is 0.409 e. The lowest BCUT2D eigenvalue weighted by Gasteiger charge is -2.35. The summed E-state index contributed by atoms with van der Waals surface area (Å²) in [6.45, 7) is 5.56. The third-order valence-electron chi connectivity index (χ3n) is 3.54. The van der Waals surface area contributed by atoms with E-state index in [4.69, 9.17) is 4.74 Å². The number of hydrogen-bond acceptors (Lipinski definition) is 7. The van der Waals surface area contributed by atoms with Gasteiger partial charge >= 0.3 is 11.1 Å². The predicted molar refractivity (Wildman–Crippen MR) is 91.5 cm³/mol. The Morgan fingerprint density at radius 2 is 2.00 bits per heavy atom. The Balaban J connectivity index is 1.89. The summed E-state index contributed by atoms with van der Waals surface area (Å²) >= 11 is 2.25. The molecule has 8 nitrogen and oxygen atoms in total. The fourth-order valence-corrected chi connectivity index (χ4v) is 4.27. The lowest BCUT2D eigenvalue weighted by Crippen LogP contribution is -2.52. The van der Waals surface area contributed by atoms with Gasteiger partial charge in [0.25, 0.3) is 0 Å². The first kappa shape index (κ1) is 18.5. The standard InChI is InChI=1S/C14H19N3O5S2/c1-3-22-14(19)16-7-5-15(6-8-16)12(18)10(2)24-11-4-9-23-13(11)17(20)21/h4,9-10H,3,5-8H2,1-2H3. The summed E-state index contributed by atoms with van der Waals surface area (Å²) in [5, 5.41) is 12.2. The van der Waals surface area contributed by atoms with Crippen LogP contribution in [0.4, 0.5) is 9.80 Å². The normalized spacial score (nSPS) is 15.9. The Morgan fingerprint density at radius 1 is 1.38 bits per heavy atom. The molecule has 1 aromatic rings. The molecule has 2 heterocycles. The summed E-state index contributed by atoms with van der Waals surface area (Å²) < 4.78 is 4.95. The highest BCUT2D eigenvalue weighted by Crippen LogP contribution is 2.36. The van der Waals surface area contributed by atoms with E-state index in [1.54, 1.807) is 35.1 Å². The van der Waals surface area contributed by atoms with E-state index in [0.717, 1.165) is 11.3 Å². The lowest BCUT2D eigenvalue weighted by molar-refractivity contribution is -0.382. The van der Waals surface area contributed by atoms with Crippen molar-refractivity contribution in [1.29, 1.82) is 0 Å². The average molecular weight is 373 g/mol. The van der Waals surface area contributed by atoms with Crippen LogP contribution in [0, 0.1) is 10.1 Å². The zero-order valence-corrected chi connectivity index (χ0v) is 15.1. The quantitative estimate of drug-likeness (QED) is 0.447. The van der Waals surface area contributed by atoms with E-state index in [0.29, 0.717) is 37.7 Å². The fourth-order valence-electron chi connectivity index (χ4n) is 2.33. The van der Waals surface area contributed by atoms with E-state index in [-0.39, 0.29) is 17.0 Å². The van der Waals surface area contributed by atoms with Crippen LogP contribution in [-0.4, -0.2) is 64.8 Å². The molecular formula is C14H19N3O5S2. The van der Waals surface area contributed by atoms with Crippen molar-refractivity contribution in [2.45, 2.75) is 24.0 Å². The number of nitrogens with zero attached hydrogens (tertiary/aromatic N) is 3. The Labute approximate surface area is 147 Å². The first-order valence-electron chi connectivity index (χ1n) is 7.53. The largest absolute Gasteiger partial charge is 0.450 e. The molecule has 1 fully saturated rings. The minimum Gasteiger partial charge on any atom is -0.450 e. The minimum absolute atomic E-state index is 0.0618. The van der Waals surface area contributed by atoms with Crippen LogP contribution in [0.25, 0.3) is 0 Å². The van der Waals surface area contributed by atoms with Gasteiger partial charge in [-0.25, -0.2) is 4.79 Å². The Hall–Kier alpha value is -1.81. The second kappa shape index (κ2) is 8.34. The van der Waals surface area contributed by atoms with Crippen molar-refractivity contribution in [3.8, 4) is 0 Å². The summed E-state index contributed by atoms with van der Waals surface area (Å²) in [6.07, 6.45) is -0.360. The van der Waals surface area contributed by atoms with Gasteiger partial charge in [0.05, 0.1) is 21.7 Å². The molecule has 0 N–H and O–H groups in total. The summed E-state index contributed by atoms with van der Waals surface area (Å²) in [6, 6.07) is 1.66. The molecule has 1 aromatic heterocycles. The van der Waals surface area contributed by atoms with Gasteiger partial charge in [-0.15, -0.1) is 11.8 Å². The third-order valence-corrected chi connectivity index (χ3v) is 5.68. The second-order valence-corrected chi connectivity index (χ2v) is 7.40. The Morgan fingerprint density at radius 3 is 2.58 bits per heavy atom. The van der Waals surface area contributed by atoms with Crippen LogP contribution in [0.15, 0.2) is 16.3 Å². The first-order chi connectivity index (χ1) is 11.4. The van der Waals surface area contributed by atoms with Crippen LogP contribution in [0.1, 0.15) is 13.8 Å². The molecule has 10 heteroatoms. The molecule has 0 aromatic carbocycles. The summed E-state index contributed by atoms with van der Waals surface area (Å²) in [5.74, 6) is -0.0796. The van der Waals surface area contributed by atoms with Gasteiger partial charge < -0.3 is 14.5 Å². The molecule has 2 amide bonds. The molecule has 1 aliphatic heterocycles. The van der Waals surface area contributed by atoms with Gasteiger partial charge in [0.2, 0.25) is 5.91 Å². The lowest BCUT2D eigenvalue weighted by atomic mass is 10.3. The van der Waals surface area contributed by atoms with Crippen LogP contribution in [-0.2, 0) is 9.53 Å².